The average Bonchev–Trinajstić information content (AvgIpc) is 3.01. The number of halogens is 2. The van der Waals surface area contributed by atoms with Crippen molar-refractivity contribution in [2.45, 2.75) is 38.0 Å². The first-order valence-electron chi connectivity index (χ1n) is 8.82. The second-order valence-corrected chi connectivity index (χ2v) is 10.8. The topological polar surface area (TPSA) is 73.8 Å². The molecule has 154 valence electrons. The number of rotatable bonds is 5. The lowest BCUT2D eigenvalue weighted by atomic mass is 10.3. The zero-order chi connectivity index (χ0) is 19.4. The zero-order valence-corrected chi connectivity index (χ0v) is 20.2. The molecule has 0 amide bonds. The van der Waals surface area contributed by atoms with Crippen LogP contribution in [-0.2, 0) is 9.84 Å². The predicted octanol–water partition coefficient (Wildman–Crippen LogP) is 2.92. The predicted molar refractivity (Wildman–Crippen MR) is 126 cm³/mol. The second kappa shape index (κ2) is 10.2. The molecule has 1 atom stereocenters. The second-order valence-electron chi connectivity index (χ2n) is 7.49. The van der Waals surface area contributed by atoms with Gasteiger partial charge in [0.05, 0.1) is 10.5 Å². The molecule has 1 aromatic rings. The summed E-state index contributed by atoms with van der Waals surface area (Å²) < 4.78 is 23.6. The Kier molecular flexibility index (Phi) is 9.14. The number of nitrogens with one attached hydrogen (secondary N) is 2. The molecule has 1 aliphatic rings. The van der Waals surface area contributed by atoms with E-state index in [0.29, 0.717) is 12.5 Å². The lowest BCUT2D eigenvalue weighted by Crippen LogP contribution is -2.46. The Labute approximate surface area is 185 Å². The van der Waals surface area contributed by atoms with Gasteiger partial charge < -0.3 is 15.5 Å². The molecule has 0 radical (unpaired) electrons. The first kappa shape index (κ1) is 24.3. The van der Waals surface area contributed by atoms with Crippen molar-refractivity contribution in [3.63, 3.8) is 0 Å². The summed E-state index contributed by atoms with van der Waals surface area (Å²) in [7, 11) is -1.45. The number of sulfone groups is 1. The van der Waals surface area contributed by atoms with Gasteiger partial charge in [-0.25, -0.2) is 8.42 Å². The molecule has 0 aromatic heterocycles. The highest BCUT2D eigenvalue weighted by Gasteiger charge is 2.28. The molecular formula is C18H30ClIN4O2S. The normalized spacial score (nSPS) is 18.2. The summed E-state index contributed by atoms with van der Waals surface area (Å²) in [5, 5.41) is 7.22. The molecule has 0 aliphatic carbocycles. The van der Waals surface area contributed by atoms with E-state index in [1.165, 1.54) is 0 Å². The molecule has 1 heterocycles. The van der Waals surface area contributed by atoms with Crippen molar-refractivity contribution >= 4 is 57.1 Å². The van der Waals surface area contributed by atoms with Crippen LogP contribution in [0.3, 0.4) is 0 Å². The maximum absolute atomic E-state index is 12.2. The van der Waals surface area contributed by atoms with Crippen molar-refractivity contribution in [2.75, 3.05) is 37.3 Å². The van der Waals surface area contributed by atoms with E-state index in [0.717, 1.165) is 30.2 Å². The first-order chi connectivity index (χ1) is 12.1. The van der Waals surface area contributed by atoms with Gasteiger partial charge in [-0.2, -0.15) is 0 Å². The van der Waals surface area contributed by atoms with Crippen LogP contribution in [-0.4, -0.2) is 57.6 Å². The summed E-state index contributed by atoms with van der Waals surface area (Å²) >= 11 is 6.07. The first-order valence-corrected chi connectivity index (χ1v) is 10.9. The van der Waals surface area contributed by atoms with E-state index in [9.17, 15) is 8.42 Å². The average molecular weight is 529 g/mol. The summed E-state index contributed by atoms with van der Waals surface area (Å²) in [6.45, 7) is 7.29. The molecule has 1 aliphatic heterocycles. The fourth-order valence-corrected chi connectivity index (χ4v) is 3.95. The smallest absolute Gasteiger partial charge is 0.191 e. The van der Waals surface area contributed by atoms with Crippen LogP contribution in [0.2, 0.25) is 5.02 Å². The fraction of sp³-hybridized carbons (Fsp3) is 0.611. The van der Waals surface area contributed by atoms with Crippen LogP contribution in [0.15, 0.2) is 29.3 Å². The van der Waals surface area contributed by atoms with Crippen molar-refractivity contribution in [3.8, 4) is 0 Å². The van der Waals surface area contributed by atoms with Crippen LogP contribution in [0.25, 0.3) is 0 Å². The highest BCUT2D eigenvalue weighted by Crippen LogP contribution is 2.23. The summed E-state index contributed by atoms with van der Waals surface area (Å²) in [6.07, 6.45) is 0.980. The number of hydrogen-bond acceptors (Lipinski definition) is 4. The third kappa shape index (κ3) is 6.98. The van der Waals surface area contributed by atoms with Gasteiger partial charge in [-0.05, 0) is 45.4 Å². The molecule has 0 spiro atoms. The molecule has 1 saturated heterocycles. The van der Waals surface area contributed by atoms with Gasteiger partial charge >= 0.3 is 0 Å². The van der Waals surface area contributed by atoms with Gasteiger partial charge in [0.15, 0.2) is 15.8 Å². The number of benzene rings is 1. The largest absolute Gasteiger partial charge is 0.369 e. The SMILES string of the molecule is CN=C(NCCS(=O)(=O)C(C)(C)C)NC1CCN(c2cccc(Cl)c2)C1.I. The molecule has 0 saturated carbocycles. The van der Waals surface area contributed by atoms with Crippen LogP contribution in [0.5, 0.6) is 0 Å². The molecular weight excluding hydrogens is 499 g/mol. The number of aliphatic imine (C=N–C) groups is 1. The maximum Gasteiger partial charge on any atom is 0.191 e. The van der Waals surface area contributed by atoms with E-state index in [1.54, 1.807) is 27.8 Å². The van der Waals surface area contributed by atoms with E-state index in [4.69, 9.17) is 11.6 Å². The molecule has 6 nitrogen and oxygen atoms in total. The van der Waals surface area contributed by atoms with E-state index in [-0.39, 0.29) is 35.8 Å². The Bertz CT molecular complexity index is 750. The minimum absolute atomic E-state index is 0. The molecule has 27 heavy (non-hydrogen) atoms. The summed E-state index contributed by atoms with van der Waals surface area (Å²) in [4.78, 5) is 6.48. The number of hydrogen-bond donors (Lipinski definition) is 2. The lowest BCUT2D eigenvalue weighted by molar-refractivity contribution is 0.558. The van der Waals surface area contributed by atoms with Crippen molar-refractivity contribution in [3.05, 3.63) is 29.3 Å². The van der Waals surface area contributed by atoms with Gasteiger partial charge in [0.25, 0.3) is 0 Å². The van der Waals surface area contributed by atoms with Crippen molar-refractivity contribution in [2.24, 2.45) is 4.99 Å². The zero-order valence-electron chi connectivity index (χ0n) is 16.3. The molecule has 9 heteroatoms. The quantitative estimate of drug-likeness (QED) is 0.349. The van der Waals surface area contributed by atoms with Gasteiger partial charge in [-0.3, -0.25) is 4.99 Å². The Hall–Kier alpha value is -0.740. The third-order valence-corrected chi connectivity index (χ3v) is 7.37. The van der Waals surface area contributed by atoms with Crippen molar-refractivity contribution in [1.29, 1.82) is 0 Å². The fourth-order valence-electron chi connectivity index (χ4n) is 2.78. The molecule has 2 N–H and O–H groups in total. The Balaban J connectivity index is 0.00000364. The number of nitrogens with zero attached hydrogens (tertiary/aromatic N) is 2. The Morgan fingerprint density at radius 2 is 2.07 bits per heavy atom. The molecule has 2 rings (SSSR count). The van der Waals surface area contributed by atoms with Crippen molar-refractivity contribution in [1.82, 2.24) is 10.6 Å². The monoisotopic (exact) mass is 528 g/mol. The number of anilines is 1. The third-order valence-electron chi connectivity index (χ3n) is 4.52. The standard InChI is InChI=1S/C18H29ClN4O2S.HI/c1-18(2,3)26(24,25)11-9-21-17(20-4)22-15-8-10-23(13-15)16-7-5-6-14(19)12-16;/h5-7,12,15H,8-11,13H2,1-4H3,(H2,20,21,22);1H. The molecule has 0 bridgehead atoms. The maximum atomic E-state index is 12.2. The van der Waals surface area contributed by atoms with Gasteiger partial charge in [-0.1, -0.05) is 17.7 Å². The van der Waals surface area contributed by atoms with E-state index in [1.807, 2.05) is 18.2 Å². The summed E-state index contributed by atoms with van der Waals surface area (Å²) in [6, 6.07) is 8.09. The van der Waals surface area contributed by atoms with Gasteiger partial charge in [0, 0.05) is 43.4 Å². The lowest BCUT2D eigenvalue weighted by Gasteiger charge is -2.22. The molecule has 1 aromatic carbocycles. The summed E-state index contributed by atoms with van der Waals surface area (Å²) in [5.41, 5.74) is 1.11. The van der Waals surface area contributed by atoms with Crippen LogP contribution < -0.4 is 15.5 Å². The number of guanidine groups is 1. The van der Waals surface area contributed by atoms with E-state index in [2.05, 4.69) is 26.6 Å². The Morgan fingerprint density at radius 1 is 1.37 bits per heavy atom. The van der Waals surface area contributed by atoms with Crippen LogP contribution in [0, 0.1) is 0 Å². The van der Waals surface area contributed by atoms with E-state index >= 15 is 0 Å². The minimum Gasteiger partial charge on any atom is -0.369 e. The Morgan fingerprint density at radius 3 is 2.67 bits per heavy atom. The van der Waals surface area contributed by atoms with Crippen LogP contribution >= 0.6 is 35.6 Å². The highest BCUT2D eigenvalue weighted by atomic mass is 127. The summed E-state index contributed by atoms with van der Waals surface area (Å²) in [5.74, 6) is 0.711. The van der Waals surface area contributed by atoms with Crippen LogP contribution in [0.4, 0.5) is 5.69 Å². The molecule has 1 fully saturated rings. The molecule has 1 unspecified atom stereocenters. The highest BCUT2D eigenvalue weighted by molar-refractivity contribution is 14.0. The van der Waals surface area contributed by atoms with Gasteiger partial charge in [0.2, 0.25) is 0 Å². The minimum atomic E-state index is -3.14. The van der Waals surface area contributed by atoms with Crippen molar-refractivity contribution < 1.29 is 8.42 Å². The van der Waals surface area contributed by atoms with Gasteiger partial charge in [0.1, 0.15) is 0 Å². The van der Waals surface area contributed by atoms with E-state index < -0.39 is 14.6 Å². The van der Waals surface area contributed by atoms with Crippen LogP contribution in [0.1, 0.15) is 27.2 Å². The van der Waals surface area contributed by atoms with Gasteiger partial charge in [-0.15, -0.1) is 24.0 Å².